The Labute approximate surface area is 207 Å². The number of piperazine rings is 1. The van der Waals surface area contributed by atoms with Crippen molar-refractivity contribution in [3.05, 3.63) is 48.2 Å². The molecule has 2 fully saturated rings. The number of halogens is 1. The number of methoxy groups -OCH3 is 1. The lowest BCUT2D eigenvalue weighted by Gasteiger charge is -2.36. The molecule has 0 amide bonds. The zero-order valence-electron chi connectivity index (χ0n) is 19.2. The van der Waals surface area contributed by atoms with Crippen LogP contribution in [0.2, 0.25) is 0 Å². The Bertz CT molecular complexity index is 960. The van der Waals surface area contributed by atoms with Gasteiger partial charge in [-0.2, -0.15) is 0 Å². The third kappa shape index (κ3) is 6.48. The normalized spacial score (nSPS) is 23.1. The largest absolute Gasteiger partial charge is 0.493 e. The summed E-state index contributed by atoms with van der Waals surface area (Å²) < 4.78 is 12.0. The number of thioether (sulfide) groups is 1. The van der Waals surface area contributed by atoms with Gasteiger partial charge in [0.1, 0.15) is 5.82 Å². The predicted octanol–water partition coefficient (Wildman–Crippen LogP) is 3.82. The van der Waals surface area contributed by atoms with Crippen molar-refractivity contribution < 1.29 is 14.6 Å². The van der Waals surface area contributed by atoms with Crippen LogP contribution in [0.1, 0.15) is 25.3 Å². The number of hydrogen-bond donors (Lipinski definition) is 1. The van der Waals surface area contributed by atoms with E-state index < -0.39 is 11.0 Å². The number of benzene rings is 1. The Hall–Kier alpha value is -2.11. The minimum Gasteiger partial charge on any atom is -0.493 e. The average molecular weight is 490 g/mol. The van der Waals surface area contributed by atoms with E-state index in [9.17, 15) is 5.11 Å². The Balaban J connectivity index is 0.00000306. The van der Waals surface area contributed by atoms with Crippen molar-refractivity contribution in [2.24, 2.45) is 0 Å². The van der Waals surface area contributed by atoms with E-state index in [1.165, 1.54) is 5.56 Å². The molecule has 2 atom stereocenters. The van der Waals surface area contributed by atoms with Crippen molar-refractivity contribution in [3.63, 3.8) is 0 Å². The Kier molecular flexibility index (Phi) is 9.16. The van der Waals surface area contributed by atoms with E-state index >= 15 is 0 Å². The maximum Gasteiger partial charge on any atom is 0.218 e. The first kappa shape index (κ1) is 25.5. The smallest absolute Gasteiger partial charge is 0.218 e. The molecule has 33 heavy (non-hydrogen) atoms. The topological polar surface area (TPSA) is 58.1 Å². The quantitative estimate of drug-likeness (QED) is 0.619. The molecule has 0 bridgehead atoms. The second kappa shape index (κ2) is 11.8. The van der Waals surface area contributed by atoms with Crippen molar-refractivity contribution >= 4 is 30.0 Å². The van der Waals surface area contributed by atoms with Crippen LogP contribution >= 0.6 is 24.2 Å². The van der Waals surface area contributed by atoms with Crippen molar-refractivity contribution in [2.45, 2.75) is 37.3 Å². The second-order valence-electron chi connectivity index (χ2n) is 8.16. The lowest BCUT2D eigenvalue weighted by atomic mass is 10.1. The molecule has 4 rings (SSSR count). The number of hydrogen-bond acceptors (Lipinski definition) is 7. The molecule has 3 heterocycles. The van der Waals surface area contributed by atoms with E-state index in [1.807, 2.05) is 31.3 Å². The average Bonchev–Trinajstić information content (AvgIpc) is 2.80. The molecule has 0 aliphatic carbocycles. The maximum atomic E-state index is 10.2. The van der Waals surface area contributed by atoms with Gasteiger partial charge >= 0.3 is 0 Å². The van der Waals surface area contributed by atoms with Gasteiger partial charge in [0.2, 0.25) is 4.93 Å². The van der Waals surface area contributed by atoms with Gasteiger partial charge in [0, 0.05) is 51.1 Å². The fourth-order valence-corrected chi connectivity index (χ4v) is 5.57. The summed E-state index contributed by atoms with van der Waals surface area (Å²) in [5.41, 5.74) is 1.17. The zero-order valence-corrected chi connectivity index (χ0v) is 20.8. The van der Waals surface area contributed by atoms with Crippen LogP contribution in [0, 0.1) is 11.8 Å². The lowest BCUT2D eigenvalue weighted by Crippen LogP contribution is -2.46. The summed E-state index contributed by atoms with van der Waals surface area (Å²) in [7, 11) is 1.65. The van der Waals surface area contributed by atoms with Crippen LogP contribution in [-0.4, -0.2) is 65.1 Å². The fraction of sp³-hybridized carbons (Fsp3) is 0.480. The molecule has 0 spiro atoms. The molecule has 0 saturated carbocycles. The summed E-state index contributed by atoms with van der Waals surface area (Å²) in [6, 6.07) is 12.2. The molecule has 1 aromatic heterocycles. The standard InChI is InChI=1S/C25H31N3O3S.ClH/c1-3-10-25(18-21(29)9-16-32-25)31-23-17-20(7-8-22(23)30-2)19-27-12-14-28(15-13-27)24-6-4-5-11-26-24;/h4-8,11,17,21,29H,9,12-16,18-19H2,1-2H3;1H. The number of anilines is 1. The van der Waals surface area contributed by atoms with E-state index in [4.69, 9.17) is 9.47 Å². The zero-order chi connectivity index (χ0) is 22.4. The van der Waals surface area contributed by atoms with Crippen molar-refractivity contribution in [3.8, 4) is 23.3 Å². The molecule has 178 valence electrons. The number of rotatable bonds is 6. The fourth-order valence-electron chi connectivity index (χ4n) is 4.22. The number of pyridine rings is 1. The van der Waals surface area contributed by atoms with E-state index in [0.29, 0.717) is 17.9 Å². The number of nitrogens with zero attached hydrogens (tertiary/aromatic N) is 3. The highest BCUT2D eigenvalue weighted by Gasteiger charge is 2.38. The first-order valence-corrected chi connectivity index (χ1v) is 12.1. The third-order valence-corrected chi connectivity index (χ3v) is 7.12. The van der Waals surface area contributed by atoms with Crippen LogP contribution in [0.4, 0.5) is 5.82 Å². The first-order chi connectivity index (χ1) is 15.6. The monoisotopic (exact) mass is 489 g/mol. The van der Waals surface area contributed by atoms with Gasteiger partial charge in [0.25, 0.3) is 0 Å². The van der Waals surface area contributed by atoms with Crippen molar-refractivity contribution in [1.29, 1.82) is 0 Å². The van der Waals surface area contributed by atoms with Gasteiger partial charge in [-0.25, -0.2) is 4.98 Å². The molecule has 2 saturated heterocycles. The van der Waals surface area contributed by atoms with Crippen LogP contribution in [0.5, 0.6) is 11.5 Å². The molecule has 0 radical (unpaired) electrons. The molecule has 6 nitrogen and oxygen atoms in total. The van der Waals surface area contributed by atoms with Gasteiger partial charge in [-0.05, 0) is 49.1 Å². The molecule has 2 aliphatic heterocycles. The SMILES string of the molecule is CC#CC1(Oc2cc(CN3CCN(c4ccccn4)CC3)ccc2OC)CC(O)CCS1.Cl. The molecule has 2 aromatic rings. The van der Waals surface area contributed by atoms with Gasteiger partial charge in [0.05, 0.1) is 13.2 Å². The summed E-state index contributed by atoms with van der Waals surface area (Å²) in [6.45, 7) is 6.53. The van der Waals surface area contributed by atoms with Gasteiger partial charge in [-0.3, -0.25) is 4.90 Å². The van der Waals surface area contributed by atoms with Gasteiger partial charge < -0.3 is 19.5 Å². The minimum atomic E-state index is -0.743. The Morgan fingerprint density at radius 2 is 2.00 bits per heavy atom. The molecular weight excluding hydrogens is 458 g/mol. The summed E-state index contributed by atoms with van der Waals surface area (Å²) in [4.78, 5) is 8.51. The minimum absolute atomic E-state index is 0. The maximum absolute atomic E-state index is 10.2. The highest BCUT2D eigenvalue weighted by Crippen LogP contribution is 2.41. The summed E-state index contributed by atoms with van der Waals surface area (Å²) in [5, 5.41) is 10.2. The summed E-state index contributed by atoms with van der Waals surface area (Å²) >= 11 is 1.66. The Morgan fingerprint density at radius 3 is 2.67 bits per heavy atom. The molecule has 1 aromatic carbocycles. The third-order valence-electron chi connectivity index (χ3n) is 5.86. The summed E-state index contributed by atoms with van der Waals surface area (Å²) in [5.74, 6) is 9.42. The van der Waals surface area contributed by atoms with Gasteiger partial charge in [0.15, 0.2) is 11.5 Å². The highest BCUT2D eigenvalue weighted by atomic mass is 35.5. The molecule has 2 aliphatic rings. The van der Waals surface area contributed by atoms with Crippen LogP contribution in [-0.2, 0) is 6.54 Å². The number of ether oxygens (including phenoxy) is 2. The van der Waals surface area contributed by atoms with Crippen LogP contribution in [0.3, 0.4) is 0 Å². The van der Waals surface area contributed by atoms with E-state index in [1.54, 1.807) is 18.9 Å². The lowest BCUT2D eigenvalue weighted by molar-refractivity contribution is 0.0923. The number of aliphatic hydroxyl groups excluding tert-OH is 1. The predicted molar refractivity (Wildman–Crippen MR) is 136 cm³/mol. The van der Waals surface area contributed by atoms with Crippen molar-refractivity contribution in [1.82, 2.24) is 9.88 Å². The summed E-state index contributed by atoms with van der Waals surface area (Å²) in [6.07, 6.45) is 2.70. The first-order valence-electron chi connectivity index (χ1n) is 11.1. The van der Waals surface area contributed by atoms with Gasteiger partial charge in [-0.1, -0.05) is 12.1 Å². The number of aliphatic hydroxyl groups is 1. The van der Waals surface area contributed by atoms with E-state index in [-0.39, 0.29) is 12.4 Å². The van der Waals surface area contributed by atoms with Crippen LogP contribution in [0.15, 0.2) is 42.6 Å². The van der Waals surface area contributed by atoms with E-state index in [2.05, 4.69) is 44.8 Å². The highest BCUT2D eigenvalue weighted by molar-refractivity contribution is 8.00. The van der Waals surface area contributed by atoms with E-state index in [0.717, 1.165) is 50.7 Å². The molecular formula is C25H32ClN3O3S. The molecule has 1 N–H and O–H groups in total. The molecule has 8 heteroatoms. The van der Waals surface area contributed by atoms with Gasteiger partial charge in [-0.15, -0.1) is 30.1 Å². The van der Waals surface area contributed by atoms with Crippen LogP contribution < -0.4 is 14.4 Å². The van der Waals surface area contributed by atoms with Crippen molar-refractivity contribution in [2.75, 3.05) is 43.9 Å². The second-order valence-corrected chi connectivity index (χ2v) is 9.52. The van der Waals surface area contributed by atoms with Crippen LogP contribution in [0.25, 0.3) is 0 Å². The molecule has 2 unspecified atom stereocenters. The Morgan fingerprint density at radius 1 is 1.18 bits per heavy atom. The number of aromatic nitrogens is 1.